The van der Waals surface area contributed by atoms with Gasteiger partial charge in [0.25, 0.3) is 0 Å². The highest BCUT2D eigenvalue weighted by molar-refractivity contribution is 9.10. The van der Waals surface area contributed by atoms with Crippen molar-refractivity contribution in [3.63, 3.8) is 0 Å². The van der Waals surface area contributed by atoms with E-state index >= 15 is 0 Å². The van der Waals surface area contributed by atoms with Crippen LogP contribution >= 0.6 is 15.9 Å². The number of hydrogen-bond acceptors (Lipinski definition) is 4. The Morgan fingerprint density at radius 2 is 1.95 bits per heavy atom. The monoisotopic (exact) mass is 321 g/mol. The summed E-state index contributed by atoms with van der Waals surface area (Å²) in [4.78, 5) is 8.85. The second kappa shape index (κ2) is 6.52. The molecule has 5 heteroatoms. The first kappa shape index (κ1) is 13.8. The molecule has 0 bridgehead atoms. The second-order valence-corrected chi connectivity index (χ2v) is 4.81. The minimum Gasteiger partial charge on any atom is -0.486 e. The largest absolute Gasteiger partial charge is 0.486 e. The molecule has 4 nitrogen and oxygen atoms in total. The third-order valence-electron chi connectivity index (χ3n) is 2.52. The van der Waals surface area contributed by atoms with Gasteiger partial charge in [0.05, 0.1) is 10.2 Å². The van der Waals surface area contributed by atoms with Gasteiger partial charge in [0.1, 0.15) is 18.2 Å². The van der Waals surface area contributed by atoms with Gasteiger partial charge in [0.2, 0.25) is 0 Å². The molecule has 0 saturated carbocycles. The Morgan fingerprint density at radius 3 is 2.63 bits per heavy atom. The Labute approximate surface area is 121 Å². The molecule has 0 amide bonds. The van der Waals surface area contributed by atoms with Crippen molar-refractivity contribution < 1.29 is 4.74 Å². The number of hydrogen-bond donors (Lipinski definition) is 1. The molecule has 1 aromatic carbocycles. The van der Waals surface area contributed by atoms with Crippen molar-refractivity contribution in [3.8, 4) is 5.75 Å². The zero-order valence-electron chi connectivity index (χ0n) is 11.0. The molecule has 2 aromatic rings. The minimum atomic E-state index is 0.358. The van der Waals surface area contributed by atoms with Gasteiger partial charge in [-0.05, 0) is 41.9 Å². The van der Waals surface area contributed by atoms with Crippen molar-refractivity contribution in [2.45, 2.75) is 20.5 Å². The lowest BCUT2D eigenvalue weighted by Crippen LogP contribution is -2.08. The van der Waals surface area contributed by atoms with Gasteiger partial charge in [-0.15, -0.1) is 0 Å². The van der Waals surface area contributed by atoms with Crippen LogP contribution in [-0.2, 0) is 6.61 Å². The highest BCUT2D eigenvalue weighted by Gasteiger charge is 2.09. The number of benzene rings is 1. The van der Waals surface area contributed by atoms with Crippen molar-refractivity contribution in [2.24, 2.45) is 0 Å². The summed E-state index contributed by atoms with van der Waals surface area (Å²) in [7, 11) is 0. The van der Waals surface area contributed by atoms with E-state index in [4.69, 9.17) is 4.74 Å². The maximum atomic E-state index is 5.65. The van der Waals surface area contributed by atoms with E-state index in [1.165, 1.54) is 0 Å². The molecule has 0 unspecified atom stereocenters. The molecule has 0 atom stereocenters. The number of para-hydroxylation sites is 1. The number of aryl methyl sites for hydroxylation is 1. The van der Waals surface area contributed by atoms with Crippen LogP contribution in [0.1, 0.15) is 18.4 Å². The van der Waals surface area contributed by atoms with Crippen LogP contribution in [0.4, 0.5) is 5.82 Å². The summed E-state index contributed by atoms with van der Waals surface area (Å²) in [6.45, 7) is 5.15. The zero-order valence-corrected chi connectivity index (χ0v) is 12.6. The Bertz CT molecular complexity index is 546. The lowest BCUT2D eigenvalue weighted by atomic mass is 10.3. The number of halogens is 1. The molecular weight excluding hydrogens is 306 g/mol. The van der Waals surface area contributed by atoms with E-state index in [0.717, 1.165) is 28.3 Å². The average Bonchev–Trinajstić information content (AvgIpc) is 2.43. The van der Waals surface area contributed by atoms with E-state index in [1.54, 1.807) is 0 Å². The molecule has 1 heterocycles. The fraction of sp³-hybridized carbons (Fsp3) is 0.286. The lowest BCUT2D eigenvalue weighted by Gasteiger charge is -2.10. The van der Waals surface area contributed by atoms with E-state index in [1.807, 2.05) is 44.2 Å². The van der Waals surface area contributed by atoms with Gasteiger partial charge in [-0.2, -0.15) is 0 Å². The molecule has 2 rings (SSSR count). The maximum absolute atomic E-state index is 5.65. The van der Waals surface area contributed by atoms with E-state index < -0.39 is 0 Å². The van der Waals surface area contributed by atoms with Gasteiger partial charge in [-0.1, -0.05) is 18.2 Å². The van der Waals surface area contributed by atoms with E-state index in [0.29, 0.717) is 12.4 Å². The molecule has 0 radical (unpaired) electrons. The van der Waals surface area contributed by atoms with Crippen molar-refractivity contribution >= 4 is 21.7 Å². The van der Waals surface area contributed by atoms with E-state index in [9.17, 15) is 0 Å². The van der Waals surface area contributed by atoms with Crippen LogP contribution < -0.4 is 10.1 Å². The Morgan fingerprint density at radius 1 is 1.21 bits per heavy atom. The molecular formula is C14H16BrN3O. The van der Waals surface area contributed by atoms with E-state index in [-0.39, 0.29) is 0 Å². The van der Waals surface area contributed by atoms with Gasteiger partial charge in [0.15, 0.2) is 5.82 Å². The van der Waals surface area contributed by atoms with E-state index in [2.05, 4.69) is 31.2 Å². The Hall–Kier alpha value is -1.62. The summed E-state index contributed by atoms with van der Waals surface area (Å²) < 4.78 is 6.55. The van der Waals surface area contributed by atoms with Crippen molar-refractivity contribution in [2.75, 3.05) is 11.9 Å². The molecule has 0 saturated heterocycles. The highest BCUT2D eigenvalue weighted by Crippen LogP contribution is 2.23. The maximum Gasteiger partial charge on any atom is 0.168 e. The Balaban J connectivity index is 2.12. The van der Waals surface area contributed by atoms with Crippen molar-refractivity contribution in [3.05, 3.63) is 46.3 Å². The van der Waals surface area contributed by atoms with Gasteiger partial charge in [0, 0.05) is 6.54 Å². The van der Waals surface area contributed by atoms with Crippen LogP contribution in [0.25, 0.3) is 0 Å². The molecule has 19 heavy (non-hydrogen) atoms. The quantitative estimate of drug-likeness (QED) is 0.914. The highest BCUT2D eigenvalue weighted by atomic mass is 79.9. The molecule has 0 aliphatic heterocycles. The summed E-state index contributed by atoms with van der Waals surface area (Å²) >= 11 is 3.48. The van der Waals surface area contributed by atoms with Crippen LogP contribution in [0.5, 0.6) is 5.75 Å². The average molecular weight is 322 g/mol. The van der Waals surface area contributed by atoms with Gasteiger partial charge in [-0.25, -0.2) is 9.97 Å². The second-order valence-electron chi connectivity index (χ2n) is 4.02. The predicted octanol–water partition coefficient (Wildman–Crippen LogP) is 3.56. The number of aromatic nitrogens is 2. The fourth-order valence-electron chi connectivity index (χ4n) is 1.63. The number of nitrogens with one attached hydrogen (secondary N) is 1. The molecule has 0 aliphatic rings. The zero-order chi connectivity index (χ0) is 13.7. The minimum absolute atomic E-state index is 0.358. The smallest absolute Gasteiger partial charge is 0.168 e. The van der Waals surface area contributed by atoms with Gasteiger partial charge >= 0.3 is 0 Å². The molecule has 1 N–H and O–H groups in total. The van der Waals surface area contributed by atoms with Gasteiger partial charge < -0.3 is 10.1 Å². The standard InChI is InChI=1S/C14H16BrN3O/c1-3-16-14-13(15)10(2)17-12(18-14)9-19-11-7-5-4-6-8-11/h4-8H,3,9H2,1-2H3,(H,16,17,18). The molecule has 0 spiro atoms. The first-order chi connectivity index (χ1) is 9.20. The first-order valence-electron chi connectivity index (χ1n) is 6.15. The Kier molecular flexibility index (Phi) is 4.74. The summed E-state index contributed by atoms with van der Waals surface area (Å²) in [6.07, 6.45) is 0. The van der Waals surface area contributed by atoms with Crippen LogP contribution in [-0.4, -0.2) is 16.5 Å². The van der Waals surface area contributed by atoms with Gasteiger partial charge in [-0.3, -0.25) is 0 Å². The van der Waals surface area contributed by atoms with Crippen LogP contribution in [0.15, 0.2) is 34.8 Å². The van der Waals surface area contributed by atoms with Crippen LogP contribution in [0.3, 0.4) is 0 Å². The normalized spacial score (nSPS) is 10.3. The lowest BCUT2D eigenvalue weighted by molar-refractivity contribution is 0.295. The van der Waals surface area contributed by atoms with Crippen LogP contribution in [0, 0.1) is 6.92 Å². The number of anilines is 1. The predicted molar refractivity (Wildman–Crippen MR) is 79.4 cm³/mol. The number of nitrogens with zero attached hydrogens (tertiary/aromatic N) is 2. The van der Waals surface area contributed by atoms with Crippen LogP contribution in [0.2, 0.25) is 0 Å². The SMILES string of the molecule is CCNc1nc(COc2ccccc2)nc(C)c1Br. The summed E-state index contributed by atoms with van der Waals surface area (Å²) in [6, 6.07) is 9.66. The molecule has 100 valence electrons. The topological polar surface area (TPSA) is 47.0 Å². The molecule has 0 aliphatic carbocycles. The summed E-state index contributed by atoms with van der Waals surface area (Å²) in [5, 5.41) is 3.20. The summed E-state index contributed by atoms with van der Waals surface area (Å²) in [5.74, 6) is 2.29. The van der Waals surface area contributed by atoms with Crippen molar-refractivity contribution in [1.29, 1.82) is 0 Å². The third kappa shape index (κ3) is 3.67. The fourth-order valence-corrected chi connectivity index (χ4v) is 1.95. The first-order valence-corrected chi connectivity index (χ1v) is 6.94. The summed E-state index contributed by atoms with van der Waals surface area (Å²) in [5.41, 5.74) is 0.901. The third-order valence-corrected chi connectivity index (χ3v) is 3.47. The molecule has 0 fully saturated rings. The number of rotatable bonds is 5. The molecule has 1 aromatic heterocycles. The number of ether oxygens (including phenoxy) is 1. The van der Waals surface area contributed by atoms with Crippen molar-refractivity contribution in [1.82, 2.24) is 9.97 Å².